The molecule has 4 N–H and O–H groups in total. The van der Waals surface area contributed by atoms with Crippen molar-refractivity contribution in [2.45, 2.75) is 6.42 Å². The molecule has 0 aliphatic heterocycles. The standard InChI is InChI=1S/C15H12O6/c16-9-3-1-8(2-4-9)11(18)7-14(21)15-12(19)5-10(17)6-13(15)20/h1-6,16-17,19-20H,7H2. The maximum Gasteiger partial charge on any atom is 0.178 e. The fraction of sp³-hybridized carbons (Fsp3) is 0.0667. The number of rotatable bonds is 4. The number of hydrogen-bond acceptors (Lipinski definition) is 6. The molecule has 6 heteroatoms. The molecule has 2 aromatic rings. The Morgan fingerprint density at radius 3 is 1.81 bits per heavy atom. The van der Waals surface area contributed by atoms with Crippen LogP contribution in [0.25, 0.3) is 0 Å². The van der Waals surface area contributed by atoms with Gasteiger partial charge in [-0.05, 0) is 24.3 Å². The first-order chi connectivity index (χ1) is 9.88. The summed E-state index contributed by atoms with van der Waals surface area (Å²) in [5.74, 6) is -2.90. The Morgan fingerprint density at radius 2 is 1.29 bits per heavy atom. The minimum Gasteiger partial charge on any atom is -0.508 e. The van der Waals surface area contributed by atoms with Crippen LogP contribution in [-0.2, 0) is 0 Å². The van der Waals surface area contributed by atoms with E-state index < -0.39 is 40.8 Å². The molecular weight excluding hydrogens is 276 g/mol. The van der Waals surface area contributed by atoms with Gasteiger partial charge in [0.05, 0.1) is 6.42 Å². The molecule has 2 aromatic carbocycles. The normalized spacial score (nSPS) is 10.3. The number of carbonyl (C=O) groups excluding carboxylic acids is 2. The summed E-state index contributed by atoms with van der Waals surface area (Å²) in [6.45, 7) is 0. The highest BCUT2D eigenvalue weighted by Crippen LogP contribution is 2.33. The van der Waals surface area contributed by atoms with Crippen molar-refractivity contribution in [1.29, 1.82) is 0 Å². The van der Waals surface area contributed by atoms with Crippen LogP contribution >= 0.6 is 0 Å². The molecule has 0 spiro atoms. The first-order valence-electron chi connectivity index (χ1n) is 5.99. The fourth-order valence-corrected chi connectivity index (χ4v) is 1.87. The second-order valence-corrected chi connectivity index (χ2v) is 4.43. The predicted octanol–water partition coefficient (Wildman–Crippen LogP) is 1.96. The van der Waals surface area contributed by atoms with Crippen LogP contribution in [0.4, 0.5) is 0 Å². The Bertz CT molecular complexity index is 680. The van der Waals surface area contributed by atoms with E-state index in [-0.39, 0.29) is 11.3 Å². The van der Waals surface area contributed by atoms with Crippen LogP contribution in [-0.4, -0.2) is 32.0 Å². The highest BCUT2D eigenvalue weighted by atomic mass is 16.3. The van der Waals surface area contributed by atoms with Crippen molar-refractivity contribution in [1.82, 2.24) is 0 Å². The molecule has 0 aromatic heterocycles. The molecule has 0 saturated heterocycles. The zero-order valence-corrected chi connectivity index (χ0v) is 10.8. The topological polar surface area (TPSA) is 115 Å². The second kappa shape index (κ2) is 5.54. The number of ketones is 2. The van der Waals surface area contributed by atoms with Gasteiger partial charge in [-0.25, -0.2) is 0 Å². The molecule has 0 radical (unpaired) electrons. The summed E-state index contributed by atoms with van der Waals surface area (Å²) < 4.78 is 0. The number of carbonyl (C=O) groups is 2. The van der Waals surface area contributed by atoms with E-state index >= 15 is 0 Å². The van der Waals surface area contributed by atoms with Crippen molar-refractivity contribution in [2.24, 2.45) is 0 Å². The minimum atomic E-state index is -0.775. The second-order valence-electron chi connectivity index (χ2n) is 4.43. The molecule has 2 rings (SSSR count). The van der Waals surface area contributed by atoms with Gasteiger partial charge in [0.2, 0.25) is 0 Å². The fourth-order valence-electron chi connectivity index (χ4n) is 1.87. The molecule has 0 aliphatic rings. The molecule has 0 amide bonds. The number of Topliss-reactive ketones (excluding diaryl/α,β-unsaturated/α-hetero) is 2. The lowest BCUT2D eigenvalue weighted by Gasteiger charge is -2.07. The van der Waals surface area contributed by atoms with E-state index in [4.69, 9.17) is 10.2 Å². The van der Waals surface area contributed by atoms with Crippen LogP contribution in [0.5, 0.6) is 23.0 Å². The van der Waals surface area contributed by atoms with Gasteiger partial charge in [-0.2, -0.15) is 0 Å². The van der Waals surface area contributed by atoms with Gasteiger partial charge in [0.15, 0.2) is 11.6 Å². The summed E-state index contributed by atoms with van der Waals surface area (Å²) in [6.07, 6.45) is -0.559. The summed E-state index contributed by atoms with van der Waals surface area (Å²) in [7, 11) is 0. The largest absolute Gasteiger partial charge is 0.508 e. The monoisotopic (exact) mass is 288 g/mol. The van der Waals surface area contributed by atoms with E-state index in [1.807, 2.05) is 0 Å². The van der Waals surface area contributed by atoms with Crippen molar-refractivity contribution < 1.29 is 30.0 Å². The SMILES string of the molecule is O=C(CC(=O)c1c(O)cc(O)cc1O)c1ccc(O)cc1. The quantitative estimate of drug-likeness (QED) is 0.505. The summed E-state index contributed by atoms with van der Waals surface area (Å²) in [4.78, 5) is 23.9. The molecule has 0 unspecified atom stereocenters. The lowest BCUT2D eigenvalue weighted by Crippen LogP contribution is -2.09. The maximum absolute atomic E-state index is 12.0. The first-order valence-corrected chi connectivity index (χ1v) is 5.99. The Morgan fingerprint density at radius 1 is 0.762 bits per heavy atom. The van der Waals surface area contributed by atoms with Crippen molar-refractivity contribution in [3.63, 3.8) is 0 Å². The molecule has 6 nitrogen and oxygen atoms in total. The molecule has 108 valence electrons. The van der Waals surface area contributed by atoms with Crippen LogP contribution in [0, 0.1) is 0 Å². The Labute approximate surface area is 119 Å². The Kier molecular flexibility index (Phi) is 3.80. The minimum absolute atomic E-state index is 0.00769. The third-order valence-corrected chi connectivity index (χ3v) is 2.87. The van der Waals surface area contributed by atoms with Crippen molar-refractivity contribution >= 4 is 11.6 Å². The molecular formula is C15H12O6. The predicted molar refractivity (Wildman–Crippen MR) is 72.8 cm³/mol. The Hall–Kier alpha value is -3.02. The Balaban J connectivity index is 2.22. The van der Waals surface area contributed by atoms with Crippen molar-refractivity contribution in [2.75, 3.05) is 0 Å². The van der Waals surface area contributed by atoms with E-state index in [0.717, 1.165) is 12.1 Å². The van der Waals surface area contributed by atoms with E-state index in [1.54, 1.807) is 0 Å². The molecule has 0 aliphatic carbocycles. The van der Waals surface area contributed by atoms with Gasteiger partial charge < -0.3 is 20.4 Å². The summed E-state index contributed by atoms with van der Waals surface area (Å²) in [6, 6.07) is 7.15. The van der Waals surface area contributed by atoms with Gasteiger partial charge in [-0.3, -0.25) is 9.59 Å². The number of phenols is 4. The van der Waals surface area contributed by atoms with Crippen LogP contribution < -0.4 is 0 Å². The van der Waals surface area contributed by atoms with Crippen molar-refractivity contribution in [3.05, 3.63) is 47.5 Å². The van der Waals surface area contributed by atoms with Gasteiger partial charge in [-0.1, -0.05) is 0 Å². The molecule has 21 heavy (non-hydrogen) atoms. The van der Waals surface area contributed by atoms with E-state index in [9.17, 15) is 19.8 Å². The lowest BCUT2D eigenvalue weighted by atomic mass is 10.00. The van der Waals surface area contributed by atoms with Crippen LogP contribution in [0.3, 0.4) is 0 Å². The van der Waals surface area contributed by atoms with Crippen LogP contribution in [0.2, 0.25) is 0 Å². The number of phenolic OH excluding ortho intramolecular Hbond substituents is 4. The lowest BCUT2D eigenvalue weighted by molar-refractivity contribution is 0.0892. The van der Waals surface area contributed by atoms with E-state index in [0.29, 0.717) is 0 Å². The molecule has 0 bridgehead atoms. The third-order valence-electron chi connectivity index (χ3n) is 2.87. The summed E-state index contributed by atoms with van der Waals surface area (Å²) >= 11 is 0. The maximum atomic E-state index is 12.0. The highest BCUT2D eigenvalue weighted by Gasteiger charge is 2.21. The third kappa shape index (κ3) is 3.11. The molecule has 0 saturated carbocycles. The van der Waals surface area contributed by atoms with Gasteiger partial charge >= 0.3 is 0 Å². The zero-order valence-electron chi connectivity index (χ0n) is 10.8. The molecule has 0 atom stereocenters. The molecule has 0 heterocycles. The number of hydrogen-bond donors (Lipinski definition) is 4. The van der Waals surface area contributed by atoms with E-state index in [2.05, 4.69) is 0 Å². The highest BCUT2D eigenvalue weighted by molar-refractivity contribution is 6.15. The summed E-state index contributed by atoms with van der Waals surface area (Å²) in [5, 5.41) is 37.4. The number of benzene rings is 2. The average Bonchev–Trinajstić information content (AvgIpc) is 2.37. The number of aromatic hydroxyl groups is 4. The van der Waals surface area contributed by atoms with Crippen LogP contribution in [0.1, 0.15) is 27.1 Å². The van der Waals surface area contributed by atoms with Gasteiger partial charge in [0.25, 0.3) is 0 Å². The van der Waals surface area contributed by atoms with Crippen LogP contribution in [0.15, 0.2) is 36.4 Å². The van der Waals surface area contributed by atoms with E-state index in [1.165, 1.54) is 24.3 Å². The first kappa shape index (κ1) is 14.4. The van der Waals surface area contributed by atoms with Gasteiger partial charge in [-0.15, -0.1) is 0 Å². The summed E-state index contributed by atoms with van der Waals surface area (Å²) in [5.41, 5.74) is -0.196. The van der Waals surface area contributed by atoms with Gasteiger partial charge in [0, 0.05) is 17.7 Å². The zero-order chi connectivity index (χ0) is 15.6. The average molecular weight is 288 g/mol. The van der Waals surface area contributed by atoms with Gasteiger partial charge in [0.1, 0.15) is 28.6 Å². The smallest absolute Gasteiger partial charge is 0.178 e. The van der Waals surface area contributed by atoms with Crippen molar-refractivity contribution in [3.8, 4) is 23.0 Å². The molecule has 0 fully saturated rings.